The molecule has 0 aromatic rings. The third kappa shape index (κ3) is 7.32. The Kier molecular flexibility index (Phi) is 9.42. The quantitative estimate of drug-likeness (QED) is 0.624. The van der Waals surface area contributed by atoms with Gasteiger partial charge in [-0.15, -0.1) is 0 Å². The highest BCUT2D eigenvalue weighted by atomic mass is 32.2. The largest absolute Gasteiger partial charge is 0.353 e. The van der Waals surface area contributed by atoms with Crippen LogP contribution < -0.4 is 5.32 Å². The van der Waals surface area contributed by atoms with Crippen LogP contribution in [-0.2, 0) is 19.6 Å². The first-order valence-electron chi connectivity index (χ1n) is 9.38. The molecule has 1 heterocycles. The molecule has 25 heavy (non-hydrogen) atoms. The van der Waals surface area contributed by atoms with Crippen molar-refractivity contribution >= 4 is 21.8 Å². The fourth-order valence-corrected chi connectivity index (χ4v) is 4.64. The minimum absolute atomic E-state index is 0.0269. The summed E-state index contributed by atoms with van der Waals surface area (Å²) in [5.41, 5.74) is 0. The van der Waals surface area contributed by atoms with Gasteiger partial charge in [0.2, 0.25) is 21.8 Å². The fraction of sp³-hybridized carbons (Fsp3) is 0.882. The van der Waals surface area contributed by atoms with E-state index in [9.17, 15) is 18.0 Å². The number of carbonyl (C=O) groups excluding carboxylic acids is 2. The van der Waals surface area contributed by atoms with E-state index in [0.717, 1.165) is 0 Å². The number of carbonyl (C=O) groups is 2. The van der Waals surface area contributed by atoms with Crippen LogP contribution in [0.25, 0.3) is 0 Å². The maximum absolute atomic E-state index is 12.0. The fourth-order valence-electron chi connectivity index (χ4n) is 3.10. The molecule has 1 fully saturated rings. The highest BCUT2D eigenvalue weighted by Crippen LogP contribution is 2.15. The van der Waals surface area contributed by atoms with Crippen LogP contribution in [0.2, 0.25) is 0 Å². The second-order valence-electron chi connectivity index (χ2n) is 6.48. The Bertz CT molecular complexity index is 524. The molecular formula is C17H33N3O4S. The van der Waals surface area contributed by atoms with Crippen molar-refractivity contribution in [2.75, 3.05) is 31.9 Å². The molecule has 7 nitrogen and oxygen atoms in total. The number of rotatable bonds is 10. The molecule has 0 radical (unpaired) electrons. The molecule has 0 unspecified atom stereocenters. The second kappa shape index (κ2) is 10.8. The Morgan fingerprint density at radius 1 is 1.08 bits per heavy atom. The van der Waals surface area contributed by atoms with Gasteiger partial charge in [-0.25, -0.2) is 12.7 Å². The molecule has 1 N–H and O–H groups in total. The van der Waals surface area contributed by atoms with Crippen molar-refractivity contribution in [3.63, 3.8) is 0 Å². The summed E-state index contributed by atoms with van der Waals surface area (Å²) in [5, 5.41) is 2.97. The number of nitrogens with one attached hydrogen (secondary N) is 1. The third-order valence-corrected chi connectivity index (χ3v) is 6.66. The Morgan fingerprint density at radius 3 is 2.20 bits per heavy atom. The second-order valence-corrected chi connectivity index (χ2v) is 8.56. The molecule has 0 aliphatic carbocycles. The average Bonchev–Trinajstić information content (AvgIpc) is 2.56. The Morgan fingerprint density at radius 2 is 1.68 bits per heavy atom. The summed E-state index contributed by atoms with van der Waals surface area (Å²) in [6.45, 7) is 8.07. The lowest BCUT2D eigenvalue weighted by atomic mass is 10.1. The van der Waals surface area contributed by atoms with E-state index in [2.05, 4.69) is 5.32 Å². The van der Waals surface area contributed by atoms with Gasteiger partial charge in [0.25, 0.3) is 0 Å². The lowest BCUT2D eigenvalue weighted by molar-refractivity contribution is -0.131. The zero-order valence-electron chi connectivity index (χ0n) is 15.8. The predicted octanol–water partition coefficient (Wildman–Crippen LogP) is 1.35. The molecule has 0 saturated carbocycles. The predicted molar refractivity (Wildman–Crippen MR) is 98.6 cm³/mol. The van der Waals surface area contributed by atoms with Gasteiger partial charge in [-0.2, -0.15) is 0 Å². The highest BCUT2D eigenvalue weighted by Gasteiger charge is 2.27. The zero-order chi connectivity index (χ0) is 18.9. The van der Waals surface area contributed by atoms with Gasteiger partial charge >= 0.3 is 0 Å². The van der Waals surface area contributed by atoms with Gasteiger partial charge in [-0.05, 0) is 39.5 Å². The molecule has 0 aromatic heterocycles. The van der Waals surface area contributed by atoms with E-state index < -0.39 is 10.0 Å². The zero-order valence-corrected chi connectivity index (χ0v) is 16.6. The first-order valence-corrected chi connectivity index (χ1v) is 11.0. The number of hydrogen-bond acceptors (Lipinski definition) is 4. The molecule has 8 heteroatoms. The summed E-state index contributed by atoms with van der Waals surface area (Å²) in [6, 6.07) is 0.0269. The molecular weight excluding hydrogens is 342 g/mol. The SMILES string of the molecule is CCCS(=O)(=O)N1CCC(NC(=O)CCCC(=O)N(CC)CC)CC1. The lowest BCUT2D eigenvalue weighted by Crippen LogP contribution is -2.47. The number of sulfonamides is 1. The van der Waals surface area contributed by atoms with E-state index in [1.807, 2.05) is 20.8 Å². The Balaban J connectivity index is 2.28. The van der Waals surface area contributed by atoms with Crippen LogP contribution >= 0.6 is 0 Å². The molecule has 1 rings (SSSR count). The van der Waals surface area contributed by atoms with Crippen LogP contribution in [0.4, 0.5) is 0 Å². The summed E-state index contributed by atoms with van der Waals surface area (Å²) >= 11 is 0. The minimum atomic E-state index is -3.14. The van der Waals surface area contributed by atoms with Crippen molar-refractivity contribution in [3.8, 4) is 0 Å². The van der Waals surface area contributed by atoms with Crippen molar-refractivity contribution in [3.05, 3.63) is 0 Å². The topological polar surface area (TPSA) is 86.8 Å². The molecule has 0 bridgehead atoms. The third-order valence-electron chi connectivity index (χ3n) is 4.59. The van der Waals surface area contributed by atoms with Gasteiger partial charge in [-0.1, -0.05) is 6.92 Å². The van der Waals surface area contributed by atoms with Crippen LogP contribution in [0.3, 0.4) is 0 Å². The van der Waals surface area contributed by atoms with Gasteiger partial charge < -0.3 is 10.2 Å². The van der Waals surface area contributed by atoms with Gasteiger partial charge in [0.15, 0.2) is 0 Å². The van der Waals surface area contributed by atoms with Crippen LogP contribution in [-0.4, -0.2) is 67.4 Å². The van der Waals surface area contributed by atoms with E-state index in [-0.39, 0.29) is 23.6 Å². The summed E-state index contributed by atoms with van der Waals surface area (Å²) in [6.07, 6.45) is 3.18. The maximum Gasteiger partial charge on any atom is 0.222 e. The highest BCUT2D eigenvalue weighted by molar-refractivity contribution is 7.89. The molecule has 0 spiro atoms. The van der Waals surface area contributed by atoms with E-state index in [1.165, 1.54) is 4.31 Å². The number of piperidine rings is 1. The number of hydrogen-bond donors (Lipinski definition) is 1. The van der Waals surface area contributed by atoms with Crippen molar-refractivity contribution in [1.29, 1.82) is 0 Å². The summed E-state index contributed by atoms with van der Waals surface area (Å²) in [7, 11) is -3.14. The van der Waals surface area contributed by atoms with E-state index in [1.54, 1.807) is 4.90 Å². The van der Waals surface area contributed by atoms with Gasteiger partial charge in [-0.3, -0.25) is 9.59 Å². The summed E-state index contributed by atoms with van der Waals surface area (Å²) < 4.78 is 25.6. The summed E-state index contributed by atoms with van der Waals surface area (Å²) in [4.78, 5) is 25.7. The standard InChI is InChI=1S/C17H33N3O4S/c1-4-14-25(23,24)20-12-10-15(11-13-20)18-16(21)8-7-9-17(22)19(5-2)6-3/h15H,4-14H2,1-3H3,(H,18,21). The number of amides is 2. The summed E-state index contributed by atoms with van der Waals surface area (Å²) in [5.74, 6) is 0.222. The molecule has 1 aliphatic rings. The molecule has 0 aromatic carbocycles. The molecule has 1 saturated heterocycles. The van der Waals surface area contributed by atoms with Gasteiger partial charge in [0, 0.05) is 45.1 Å². The van der Waals surface area contributed by atoms with Crippen molar-refractivity contribution in [1.82, 2.24) is 14.5 Å². The lowest BCUT2D eigenvalue weighted by Gasteiger charge is -2.31. The number of nitrogens with zero attached hydrogens (tertiary/aromatic N) is 2. The average molecular weight is 376 g/mol. The Hall–Kier alpha value is -1.15. The van der Waals surface area contributed by atoms with Gasteiger partial charge in [0.05, 0.1) is 5.75 Å². The molecule has 146 valence electrons. The maximum atomic E-state index is 12.0. The van der Waals surface area contributed by atoms with Gasteiger partial charge in [0.1, 0.15) is 0 Å². The minimum Gasteiger partial charge on any atom is -0.353 e. The first kappa shape index (κ1) is 21.9. The Labute approximate surface area is 152 Å². The first-order chi connectivity index (χ1) is 11.8. The molecule has 1 aliphatic heterocycles. The monoisotopic (exact) mass is 375 g/mol. The normalized spacial score (nSPS) is 16.6. The van der Waals surface area contributed by atoms with Crippen molar-refractivity contribution < 1.29 is 18.0 Å². The van der Waals surface area contributed by atoms with Crippen molar-refractivity contribution in [2.24, 2.45) is 0 Å². The van der Waals surface area contributed by atoms with Crippen LogP contribution in [0, 0.1) is 0 Å². The van der Waals surface area contributed by atoms with Crippen LogP contribution in [0.1, 0.15) is 59.3 Å². The van der Waals surface area contributed by atoms with E-state index in [4.69, 9.17) is 0 Å². The molecule has 2 amide bonds. The molecule has 0 atom stereocenters. The van der Waals surface area contributed by atoms with E-state index in [0.29, 0.717) is 64.7 Å². The van der Waals surface area contributed by atoms with E-state index >= 15 is 0 Å². The van der Waals surface area contributed by atoms with Crippen LogP contribution in [0.5, 0.6) is 0 Å². The van der Waals surface area contributed by atoms with Crippen LogP contribution in [0.15, 0.2) is 0 Å². The smallest absolute Gasteiger partial charge is 0.222 e. The van der Waals surface area contributed by atoms with Crippen molar-refractivity contribution in [2.45, 2.75) is 65.3 Å².